The molecule has 1 aromatic rings. The number of carbonyl (C=O) groups is 1. The van der Waals surface area contributed by atoms with Gasteiger partial charge in [-0.25, -0.2) is 0 Å². The Kier molecular flexibility index (Phi) is 5.89. The van der Waals surface area contributed by atoms with Crippen molar-refractivity contribution in [3.05, 3.63) is 29.8 Å². The molecule has 0 aliphatic carbocycles. The number of Topliss-reactive ketones (excluding diaryl/α,β-unsaturated/α-hetero) is 1. The second-order valence-corrected chi connectivity index (χ2v) is 5.77. The SMILES string of the molecule is CCC(=O)c1ccc(SCCN2CCOCC2)cc1. The van der Waals surface area contributed by atoms with E-state index < -0.39 is 0 Å². The lowest BCUT2D eigenvalue weighted by Gasteiger charge is -2.26. The average molecular weight is 279 g/mol. The highest BCUT2D eigenvalue weighted by Gasteiger charge is 2.09. The number of carbonyl (C=O) groups excluding carboxylic acids is 1. The average Bonchev–Trinajstić information content (AvgIpc) is 2.48. The van der Waals surface area contributed by atoms with E-state index in [9.17, 15) is 4.79 Å². The van der Waals surface area contributed by atoms with Crippen LogP contribution < -0.4 is 0 Å². The van der Waals surface area contributed by atoms with Crippen LogP contribution in [0.25, 0.3) is 0 Å². The molecular formula is C15H21NO2S. The van der Waals surface area contributed by atoms with E-state index >= 15 is 0 Å². The number of ether oxygens (including phenoxy) is 1. The normalized spacial score (nSPS) is 16.5. The molecule has 0 radical (unpaired) electrons. The largest absolute Gasteiger partial charge is 0.379 e. The van der Waals surface area contributed by atoms with Gasteiger partial charge < -0.3 is 4.74 Å². The van der Waals surface area contributed by atoms with E-state index in [2.05, 4.69) is 4.90 Å². The summed E-state index contributed by atoms with van der Waals surface area (Å²) < 4.78 is 5.33. The molecule has 0 N–H and O–H groups in total. The summed E-state index contributed by atoms with van der Waals surface area (Å²) in [5.74, 6) is 1.30. The van der Waals surface area contributed by atoms with E-state index in [4.69, 9.17) is 4.74 Å². The predicted molar refractivity (Wildman–Crippen MR) is 79.0 cm³/mol. The second kappa shape index (κ2) is 7.68. The first-order valence-corrected chi connectivity index (χ1v) is 7.84. The van der Waals surface area contributed by atoms with Crippen LogP contribution in [0.5, 0.6) is 0 Å². The van der Waals surface area contributed by atoms with Crippen LogP contribution in [-0.2, 0) is 4.74 Å². The van der Waals surface area contributed by atoms with Crippen molar-refractivity contribution in [2.24, 2.45) is 0 Å². The Bertz CT molecular complexity index is 399. The molecule has 0 spiro atoms. The van der Waals surface area contributed by atoms with E-state index in [0.717, 1.165) is 44.2 Å². The number of benzene rings is 1. The fraction of sp³-hybridized carbons (Fsp3) is 0.533. The van der Waals surface area contributed by atoms with Gasteiger partial charge in [-0.2, -0.15) is 0 Å². The lowest BCUT2D eigenvalue weighted by atomic mass is 10.1. The van der Waals surface area contributed by atoms with Crippen LogP contribution in [0.3, 0.4) is 0 Å². The maximum absolute atomic E-state index is 11.5. The van der Waals surface area contributed by atoms with Crippen molar-refractivity contribution in [2.45, 2.75) is 18.2 Å². The molecule has 1 fully saturated rings. The molecule has 3 nitrogen and oxygen atoms in total. The first-order valence-electron chi connectivity index (χ1n) is 6.85. The minimum Gasteiger partial charge on any atom is -0.379 e. The number of ketones is 1. The molecule has 19 heavy (non-hydrogen) atoms. The third-order valence-electron chi connectivity index (χ3n) is 3.28. The second-order valence-electron chi connectivity index (χ2n) is 4.60. The molecule has 0 saturated carbocycles. The monoisotopic (exact) mass is 279 g/mol. The third kappa shape index (κ3) is 4.64. The van der Waals surface area contributed by atoms with Gasteiger partial charge in [0, 0.05) is 42.3 Å². The minimum atomic E-state index is 0.213. The van der Waals surface area contributed by atoms with E-state index in [1.807, 2.05) is 43.0 Å². The van der Waals surface area contributed by atoms with Gasteiger partial charge in [-0.3, -0.25) is 9.69 Å². The van der Waals surface area contributed by atoms with Gasteiger partial charge in [0.05, 0.1) is 13.2 Å². The van der Waals surface area contributed by atoms with E-state index in [1.165, 1.54) is 4.90 Å². The Morgan fingerprint density at radius 3 is 2.58 bits per heavy atom. The molecule has 0 unspecified atom stereocenters. The summed E-state index contributed by atoms with van der Waals surface area (Å²) in [6, 6.07) is 7.96. The van der Waals surface area contributed by atoms with Crippen LogP contribution in [0.1, 0.15) is 23.7 Å². The van der Waals surface area contributed by atoms with Gasteiger partial charge in [0.15, 0.2) is 5.78 Å². The molecule has 0 bridgehead atoms. The van der Waals surface area contributed by atoms with Gasteiger partial charge in [0.1, 0.15) is 0 Å². The van der Waals surface area contributed by atoms with Gasteiger partial charge >= 0.3 is 0 Å². The highest BCUT2D eigenvalue weighted by Crippen LogP contribution is 2.19. The molecule has 1 aromatic carbocycles. The van der Waals surface area contributed by atoms with Gasteiger partial charge in [0.2, 0.25) is 0 Å². The van der Waals surface area contributed by atoms with Crippen molar-refractivity contribution in [3.8, 4) is 0 Å². The first-order chi connectivity index (χ1) is 9.29. The summed E-state index contributed by atoms with van der Waals surface area (Å²) >= 11 is 1.85. The Balaban J connectivity index is 1.75. The molecule has 1 saturated heterocycles. The van der Waals surface area contributed by atoms with Crippen LogP contribution >= 0.6 is 11.8 Å². The van der Waals surface area contributed by atoms with Crippen molar-refractivity contribution in [1.29, 1.82) is 0 Å². The number of hydrogen-bond acceptors (Lipinski definition) is 4. The molecule has 4 heteroatoms. The molecule has 0 atom stereocenters. The highest BCUT2D eigenvalue weighted by molar-refractivity contribution is 7.99. The topological polar surface area (TPSA) is 29.5 Å². The van der Waals surface area contributed by atoms with E-state index in [0.29, 0.717) is 6.42 Å². The molecule has 0 amide bonds. The number of hydrogen-bond donors (Lipinski definition) is 0. The molecule has 1 heterocycles. The smallest absolute Gasteiger partial charge is 0.162 e. The number of morpholine rings is 1. The number of rotatable bonds is 6. The van der Waals surface area contributed by atoms with Gasteiger partial charge in [-0.1, -0.05) is 19.1 Å². The standard InChI is InChI=1S/C15H21NO2S/c1-2-15(17)13-3-5-14(6-4-13)19-12-9-16-7-10-18-11-8-16/h3-6H,2,7-12H2,1H3. The van der Waals surface area contributed by atoms with Crippen LogP contribution in [0.2, 0.25) is 0 Å². The zero-order chi connectivity index (χ0) is 13.5. The third-order valence-corrected chi connectivity index (χ3v) is 4.27. The predicted octanol–water partition coefficient (Wildman–Crippen LogP) is 2.70. The zero-order valence-corrected chi connectivity index (χ0v) is 12.2. The van der Waals surface area contributed by atoms with Crippen molar-refractivity contribution < 1.29 is 9.53 Å². The maximum atomic E-state index is 11.5. The Morgan fingerprint density at radius 2 is 1.95 bits per heavy atom. The van der Waals surface area contributed by atoms with Crippen LogP contribution in [0.15, 0.2) is 29.2 Å². The summed E-state index contributed by atoms with van der Waals surface area (Å²) in [6.07, 6.45) is 0.573. The van der Waals surface area contributed by atoms with Crippen LogP contribution in [0.4, 0.5) is 0 Å². The Labute approximate surface area is 119 Å². The number of thioether (sulfide) groups is 1. The fourth-order valence-corrected chi connectivity index (χ4v) is 2.97. The minimum absolute atomic E-state index is 0.213. The summed E-state index contributed by atoms with van der Waals surface area (Å²) in [4.78, 5) is 15.2. The molecule has 104 valence electrons. The van der Waals surface area contributed by atoms with Crippen molar-refractivity contribution in [3.63, 3.8) is 0 Å². The summed E-state index contributed by atoms with van der Waals surface area (Å²) in [7, 11) is 0. The Morgan fingerprint density at radius 1 is 1.26 bits per heavy atom. The van der Waals surface area contributed by atoms with Crippen LogP contribution in [0, 0.1) is 0 Å². The zero-order valence-electron chi connectivity index (χ0n) is 11.4. The first kappa shape index (κ1) is 14.6. The quantitative estimate of drug-likeness (QED) is 0.591. The molecule has 2 rings (SSSR count). The summed E-state index contributed by atoms with van der Waals surface area (Å²) in [5, 5.41) is 0. The molecule has 1 aliphatic heterocycles. The molecule has 1 aliphatic rings. The van der Waals surface area contributed by atoms with E-state index in [-0.39, 0.29) is 5.78 Å². The van der Waals surface area contributed by atoms with Gasteiger partial charge in [-0.05, 0) is 12.1 Å². The lowest BCUT2D eigenvalue weighted by molar-refractivity contribution is 0.0410. The fourth-order valence-electron chi connectivity index (χ4n) is 2.06. The van der Waals surface area contributed by atoms with Crippen molar-refractivity contribution in [2.75, 3.05) is 38.6 Å². The van der Waals surface area contributed by atoms with Gasteiger partial charge in [-0.15, -0.1) is 11.8 Å². The van der Waals surface area contributed by atoms with Crippen LogP contribution in [-0.4, -0.2) is 49.3 Å². The van der Waals surface area contributed by atoms with E-state index in [1.54, 1.807) is 0 Å². The van der Waals surface area contributed by atoms with Crippen molar-refractivity contribution in [1.82, 2.24) is 4.90 Å². The van der Waals surface area contributed by atoms with Crippen molar-refractivity contribution >= 4 is 17.5 Å². The lowest BCUT2D eigenvalue weighted by Crippen LogP contribution is -2.37. The molecular weight excluding hydrogens is 258 g/mol. The summed E-state index contributed by atoms with van der Waals surface area (Å²) in [5.41, 5.74) is 0.819. The number of nitrogens with zero attached hydrogens (tertiary/aromatic N) is 1. The summed E-state index contributed by atoms with van der Waals surface area (Å²) in [6.45, 7) is 6.81. The molecule has 0 aromatic heterocycles. The Hall–Kier alpha value is -0.840. The highest BCUT2D eigenvalue weighted by atomic mass is 32.2. The van der Waals surface area contributed by atoms with Gasteiger partial charge in [0.25, 0.3) is 0 Å². The maximum Gasteiger partial charge on any atom is 0.162 e.